The number of rotatable bonds is 4. The van der Waals surface area contributed by atoms with Crippen molar-refractivity contribution in [1.29, 1.82) is 0 Å². The minimum Gasteiger partial charge on any atom is -0.478 e. The maximum Gasteiger partial charge on any atom is 0.337 e. The number of hydrogen-bond donors (Lipinski definition) is 2. The highest BCUT2D eigenvalue weighted by Crippen LogP contribution is 2.38. The van der Waals surface area contributed by atoms with Crippen molar-refractivity contribution in [3.8, 4) is 0 Å². The van der Waals surface area contributed by atoms with Gasteiger partial charge in [0.1, 0.15) is 0 Å². The van der Waals surface area contributed by atoms with E-state index in [-0.39, 0.29) is 33.1 Å². The van der Waals surface area contributed by atoms with Gasteiger partial charge in [-0.2, -0.15) is 0 Å². The van der Waals surface area contributed by atoms with E-state index < -0.39 is 5.97 Å². The summed E-state index contributed by atoms with van der Waals surface area (Å²) in [6.45, 7) is 1.83. The zero-order valence-corrected chi connectivity index (χ0v) is 11.8. The average Bonchev–Trinajstić information content (AvgIpc) is 3.14. The molecule has 0 aliphatic heterocycles. The molecule has 1 fully saturated rings. The molecule has 0 spiro atoms. The minimum absolute atomic E-state index is 0.103. The molecule has 1 atom stereocenters. The molecule has 1 aliphatic carbocycles. The van der Waals surface area contributed by atoms with Gasteiger partial charge in [-0.25, -0.2) is 4.79 Å². The number of carboxylic acid groups (broad SMARTS) is 1. The third-order valence-electron chi connectivity index (χ3n) is 3.28. The SMILES string of the molecule is CC(C(=O)Nc1c(Cl)cc(Cl)cc1C(=O)O)C1CC1. The molecule has 1 amide bonds. The van der Waals surface area contributed by atoms with E-state index in [2.05, 4.69) is 5.32 Å². The van der Waals surface area contributed by atoms with Gasteiger partial charge in [0.2, 0.25) is 5.91 Å². The lowest BCUT2D eigenvalue weighted by Gasteiger charge is -2.14. The van der Waals surface area contributed by atoms with Crippen molar-refractivity contribution in [2.75, 3.05) is 5.32 Å². The molecule has 0 aromatic heterocycles. The van der Waals surface area contributed by atoms with Crippen LogP contribution in [0, 0.1) is 11.8 Å². The van der Waals surface area contributed by atoms with Crippen molar-refractivity contribution >= 4 is 40.8 Å². The van der Waals surface area contributed by atoms with Gasteiger partial charge in [0.15, 0.2) is 0 Å². The topological polar surface area (TPSA) is 66.4 Å². The van der Waals surface area contributed by atoms with Crippen LogP contribution in [0.1, 0.15) is 30.1 Å². The quantitative estimate of drug-likeness (QED) is 0.891. The molecule has 1 aromatic rings. The molecule has 2 N–H and O–H groups in total. The summed E-state index contributed by atoms with van der Waals surface area (Å²) in [5, 5.41) is 12.1. The number of carbonyl (C=O) groups is 2. The Morgan fingerprint density at radius 1 is 1.37 bits per heavy atom. The van der Waals surface area contributed by atoms with Crippen LogP contribution >= 0.6 is 23.2 Å². The van der Waals surface area contributed by atoms with Crippen molar-refractivity contribution < 1.29 is 14.7 Å². The lowest BCUT2D eigenvalue weighted by atomic mass is 10.1. The van der Waals surface area contributed by atoms with Gasteiger partial charge in [0, 0.05) is 10.9 Å². The van der Waals surface area contributed by atoms with Crippen LogP contribution in [0.5, 0.6) is 0 Å². The fraction of sp³-hybridized carbons (Fsp3) is 0.385. The van der Waals surface area contributed by atoms with Crippen molar-refractivity contribution in [2.45, 2.75) is 19.8 Å². The zero-order valence-electron chi connectivity index (χ0n) is 10.2. The monoisotopic (exact) mass is 301 g/mol. The Hall–Kier alpha value is -1.26. The largest absolute Gasteiger partial charge is 0.478 e. The molecule has 0 radical (unpaired) electrons. The summed E-state index contributed by atoms with van der Waals surface area (Å²) < 4.78 is 0. The molecule has 1 unspecified atom stereocenters. The fourth-order valence-electron chi connectivity index (χ4n) is 1.92. The highest BCUT2D eigenvalue weighted by molar-refractivity contribution is 6.37. The van der Waals surface area contributed by atoms with Crippen LogP contribution in [0.25, 0.3) is 0 Å². The lowest BCUT2D eigenvalue weighted by molar-refractivity contribution is -0.119. The lowest BCUT2D eigenvalue weighted by Crippen LogP contribution is -2.23. The molecule has 19 heavy (non-hydrogen) atoms. The Kier molecular flexibility index (Phi) is 4.02. The molecule has 0 bridgehead atoms. The number of anilines is 1. The van der Waals surface area contributed by atoms with E-state index in [0.717, 1.165) is 12.8 Å². The Morgan fingerprint density at radius 3 is 2.53 bits per heavy atom. The van der Waals surface area contributed by atoms with Gasteiger partial charge in [-0.15, -0.1) is 0 Å². The third kappa shape index (κ3) is 3.19. The van der Waals surface area contributed by atoms with E-state index in [1.54, 1.807) is 0 Å². The first kappa shape index (κ1) is 14.2. The first-order chi connectivity index (χ1) is 8.90. The summed E-state index contributed by atoms with van der Waals surface area (Å²) >= 11 is 11.7. The van der Waals surface area contributed by atoms with Crippen molar-refractivity contribution in [1.82, 2.24) is 0 Å². The van der Waals surface area contributed by atoms with E-state index in [1.165, 1.54) is 12.1 Å². The van der Waals surface area contributed by atoms with Crippen molar-refractivity contribution in [2.24, 2.45) is 11.8 Å². The van der Waals surface area contributed by atoms with Crippen LogP contribution in [0.3, 0.4) is 0 Å². The molecule has 6 heteroatoms. The van der Waals surface area contributed by atoms with Crippen LogP contribution in [0.15, 0.2) is 12.1 Å². The Morgan fingerprint density at radius 2 is 2.00 bits per heavy atom. The summed E-state index contributed by atoms with van der Waals surface area (Å²) in [5.74, 6) is -1.15. The van der Waals surface area contributed by atoms with Gasteiger partial charge in [-0.1, -0.05) is 30.1 Å². The maximum absolute atomic E-state index is 12.0. The zero-order chi connectivity index (χ0) is 14.2. The highest BCUT2D eigenvalue weighted by atomic mass is 35.5. The van der Waals surface area contributed by atoms with E-state index >= 15 is 0 Å². The third-order valence-corrected chi connectivity index (χ3v) is 3.79. The molecule has 0 saturated heterocycles. The van der Waals surface area contributed by atoms with Crippen LogP contribution in [0.4, 0.5) is 5.69 Å². The second kappa shape index (κ2) is 5.39. The second-order valence-electron chi connectivity index (χ2n) is 4.73. The van der Waals surface area contributed by atoms with Gasteiger partial charge in [0.25, 0.3) is 0 Å². The average molecular weight is 302 g/mol. The van der Waals surface area contributed by atoms with Crippen LogP contribution in [-0.4, -0.2) is 17.0 Å². The first-order valence-electron chi connectivity index (χ1n) is 5.93. The highest BCUT2D eigenvalue weighted by Gasteiger charge is 2.33. The van der Waals surface area contributed by atoms with Crippen LogP contribution < -0.4 is 5.32 Å². The Balaban J connectivity index is 2.28. The standard InChI is InChI=1S/C13H13Cl2NO3/c1-6(7-2-3-7)12(17)16-11-9(13(18)19)4-8(14)5-10(11)15/h4-7H,2-3H2,1H3,(H,16,17)(H,18,19). The fourth-order valence-corrected chi connectivity index (χ4v) is 2.46. The number of halogens is 2. The van der Waals surface area contributed by atoms with Crippen molar-refractivity contribution in [3.05, 3.63) is 27.7 Å². The second-order valence-corrected chi connectivity index (χ2v) is 5.57. The number of benzene rings is 1. The summed E-state index contributed by atoms with van der Waals surface area (Å²) in [5.41, 5.74) is 0.00455. The number of nitrogens with one attached hydrogen (secondary N) is 1. The van der Waals surface area contributed by atoms with Gasteiger partial charge in [-0.3, -0.25) is 4.79 Å². The van der Waals surface area contributed by atoms with Gasteiger partial charge in [0.05, 0.1) is 16.3 Å². The molecule has 0 heterocycles. The molecule has 1 aromatic carbocycles. The summed E-state index contributed by atoms with van der Waals surface area (Å²) in [6.07, 6.45) is 2.07. The Labute approximate surface area is 120 Å². The molecule has 1 saturated carbocycles. The molecule has 102 valence electrons. The first-order valence-corrected chi connectivity index (χ1v) is 6.69. The number of aromatic carboxylic acids is 1. The number of carbonyl (C=O) groups excluding carboxylic acids is 1. The van der Waals surface area contributed by atoms with E-state index in [0.29, 0.717) is 5.92 Å². The van der Waals surface area contributed by atoms with Crippen molar-refractivity contribution in [3.63, 3.8) is 0 Å². The van der Waals surface area contributed by atoms with Crippen LogP contribution in [-0.2, 0) is 4.79 Å². The minimum atomic E-state index is -1.18. The summed E-state index contributed by atoms with van der Waals surface area (Å²) in [6, 6.07) is 2.68. The number of amides is 1. The molecular weight excluding hydrogens is 289 g/mol. The predicted octanol–water partition coefficient (Wildman–Crippen LogP) is 3.68. The van der Waals surface area contributed by atoms with Gasteiger partial charge < -0.3 is 10.4 Å². The summed E-state index contributed by atoms with van der Waals surface area (Å²) in [4.78, 5) is 23.2. The molecular formula is C13H13Cl2NO3. The van der Waals surface area contributed by atoms with E-state index in [4.69, 9.17) is 28.3 Å². The van der Waals surface area contributed by atoms with E-state index in [9.17, 15) is 9.59 Å². The van der Waals surface area contributed by atoms with Gasteiger partial charge in [-0.05, 0) is 30.9 Å². The molecule has 4 nitrogen and oxygen atoms in total. The molecule has 2 rings (SSSR count). The van der Waals surface area contributed by atoms with Crippen LogP contribution in [0.2, 0.25) is 10.0 Å². The van der Waals surface area contributed by atoms with Gasteiger partial charge >= 0.3 is 5.97 Å². The molecule has 1 aliphatic rings. The smallest absolute Gasteiger partial charge is 0.337 e. The summed E-state index contributed by atoms with van der Waals surface area (Å²) in [7, 11) is 0. The normalized spacial score (nSPS) is 15.9. The maximum atomic E-state index is 12.0. The predicted molar refractivity (Wildman–Crippen MR) is 73.9 cm³/mol. The Bertz CT molecular complexity index is 541. The number of carboxylic acids is 1. The number of hydrogen-bond acceptors (Lipinski definition) is 2. The van der Waals surface area contributed by atoms with E-state index in [1.807, 2.05) is 6.92 Å².